The maximum Gasteiger partial charge on any atom is 0.238 e. The van der Waals surface area contributed by atoms with Crippen LogP contribution in [-0.4, -0.2) is 33.5 Å². The van der Waals surface area contributed by atoms with E-state index < -0.39 is 21.7 Å². The molecule has 0 radical (unpaired) electrons. The number of aryl methyl sites for hydroxylation is 1. The lowest BCUT2D eigenvalue weighted by Crippen LogP contribution is -2.55. The molecule has 0 spiro atoms. The van der Waals surface area contributed by atoms with E-state index in [9.17, 15) is 22.0 Å². The average Bonchev–Trinajstić information content (AvgIpc) is 3.08. The number of hydrogen-bond acceptors (Lipinski definition) is 4. The second kappa shape index (κ2) is 8.42. The Morgan fingerprint density at radius 3 is 2.37 bits per heavy atom. The van der Waals surface area contributed by atoms with Crippen molar-refractivity contribution in [2.24, 2.45) is 11.1 Å². The minimum Gasteiger partial charge on any atom is -0.370 e. The zero-order valence-electron chi connectivity index (χ0n) is 19.3. The van der Waals surface area contributed by atoms with E-state index in [1.165, 1.54) is 12.1 Å². The fourth-order valence-electron chi connectivity index (χ4n) is 5.03. The number of hydrogen-bond donors (Lipinski definition) is 1. The summed E-state index contributed by atoms with van der Waals surface area (Å²) >= 11 is 0. The average molecular weight is 498 g/mol. The third-order valence-corrected chi connectivity index (χ3v) is 7.89. The number of amides is 1. The van der Waals surface area contributed by atoms with Crippen molar-refractivity contribution in [3.05, 3.63) is 77.4 Å². The molecule has 0 bridgehead atoms. The lowest BCUT2D eigenvalue weighted by molar-refractivity contribution is -0.123. The summed E-state index contributed by atoms with van der Waals surface area (Å²) in [5.74, 6) is -1.27. The number of fused-ring (bicyclic) bond motifs is 1. The minimum absolute atomic E-state index is 0.0354. The summed E-state index contributed by atoms with van der Waals surface area (Å²) in [6.07, 6.45) is 0.654. The summed E-state index contributed by atoms with van der Waals surface area (Å²) in [5.41, 5.74) is 3.77. The summed E-state index contributed by atoms with van der Waals surface area (Å²) in [6.45, 7) is 4.68. The van der Waals surface area contributed by atoms with E-state index in [1.54, 1.807) is 30.0 Å². The van der Waals surface area contributed by atoms with Gasteiger partial charge in [0.15, 0.2) is 0 Å². The van der Waals surface area contributed by atoms with E-state index in [2.05, 4.69) is 0 Å². The van der Waals surface area contributed by atoms with Gasteiger partial charge in [0.25, 0.3) is 0 Å². The van der Waals surface area contributed by atoms with Gasteiger partial charge in [-0.3, -0.25) is 4.79 Å². The number of rotatable bonds is 4. The molecule has 6 nitrogen and oxygen atoms in total. The Morgan fingerprint density at radius 2 is 1.71 bits per heavy atom. The van der Waals surface area contributed by atoms with E-state index in [0.29, 0.717) is 36.3 Å². The van der Waals surface area contributed by atoms with E-state index in [4.69, 9.17) is 5.14 Å². The predicted molar refractivity (Wildman–Crippen MR) is 131 cm³/mol. The monoisotopic (exact) mass is 497 g/mol. The molecular weight excluding hydrogens is 472 g/mol. The molecule has 1 fully saturated rings. The molecule has 2 heterocycles. The van der Waals surface area contributed by atoms with Crippen LogP contribution in [0.2, 0.25) is 0 Å². The van der Waals surface area contributed by atoms with Gasteiger partial charge in [-0.2, -0.15) is 0 Å². The van der Waals surface area contributed by atoms with Gasteiger partial charge in [-0.1, -0.05) is 18.2 Å². The second-order valence-electron chi connectivity index (χ2n) is 9.33. The van der Waals surface area contributed by atoms with Gasteiger partial charge in [0.1, 0.15) is 11.6 Å². The fraction of sp³-hybridized carbons (Fsp3) is 0.269. The number of primary sulfonamides is 1. The van der Waals surface area contributed by atoms with Crippen LogP contribution in [0.5, 0.6) is 0 Å². The molecule has 35 heavy (non-hydrogen) atoms. The Balaban J connectivity index is 1.31. The molecule has 3 aromatic carbocycles. The van der Waals surface area contributed by atoms with Crippen LogP contribution in [0.1, 0.15) is 18.1 Å². The van der Waals surface area contributed by atoms with Crippen molar-refractivity contribution in [3.8, 4) is 11.1 Å². The molecule has 1 atom stereocenters. The summed E-state index contributed by atoms with van der Waals surface area (Å²) in [4.78, 5) is 17.1. The highest BCUT2D eigenvalue weighted by Gasteiger charge is 2.41. The van der Waals surface area contributed by atoms with Crippen LogP contribution in [-0.2, 0) is 21.2 Å². The molecule has 2 N–H and O–H groups in total. The zero-order chi connectivity index (χ0) is 25.1. The first-order valence-corrected chi connectivity index (χ1v) is 12.9. The van der Waals surface area contributed by atoms with E-state index in [-0.39, 0.29) is 28.3 Å². The maximum atomic E-state index is 14.1. The van der Waals surface area contributed by atoms with E-state index in [0.717, 1.165) is 23.4 Å². The highest BCUT2D eigenvalue weighted by molar-refractivity contribution is 7.89. The van der Waals surface area contributed by atoms with Gasteiger partial charge >= 0.3 is 0 Å². The molecule has 0 saturated carbocycles. The lowest BCUT2D eigenvalue weighted by Gasteiger charge is -2.42. The molecule has 5 rings (SSSR count). The van der Waals surface area contributed by atoms with Crippen LogP contribution >= 0.6 is 0 Å². The maximum absolute atomic E-state index is 14.1. The molecule has 0 aliphatic carbocycles. The number of carbonyl (C=O) groups excluding carboxylic acids is 1. The van der Waals surface area contributed by atoms with Crippen molar-refractivity contribution in [3.63, 3.8) is 0 Å². The molecule has 1 saturated heterocycles. The number of anilines is 2. The largest absolute Gasteiger partial charge is 0.370 e. The minimum atomic E-state index is -3.90. The van der Waals surface area contributed by atoms with Gasteiger partial charge in [-0.05, 0) is 73.4 Å². The predicted octanol–water partition coefficient (Wildman–Crippen LogP) is 4.00. The molecule has 9 heteroatoms. The van der Waals surface area contributed by atoms with Crippen molar-refractivity contribution < 1.29 is 22.0 Å². The quantitative estimate of drug-likeness (QED) is 0.591. The van der Waals surface area contributed by atoms with Gasteiger partial charge in [0.2, 0.25) is 15.9 Å². The molecule has 1 amide bonds. The Bertz CT molecular complexity index is 1430. The number of carbonyl (C=O) groups is 1. The van der Waals surface area contributed by atoms with Crippen LogP contribution < -0.4 is 14.9 Å². The highest BCUT2D eigenvalue weighted by Crippen LogP contribution is 2.38. The molecule has 2 aliphatic rings. The Kier molecular flexibility index (Phi) is 5.64. The number of benzene rings is 3. The number of nitrogens with two attached hydrogens (primary N) is 1. The highest BCUT2D eigenvalue weighted by atomic mass is 32.2. The van der Waals surface area contributed by atoms with Crippen molar-refractivity contribution in [2.75, 3.05) is 22.9 Å². The molecule has 0 unspecified atom stereocenters. The van der Waals surface area contributed by atoms with Crippen LogP contribution in [0.3, 0.4) is 0 Å². The summed E-state index contributed by atoms with van der Waals surface area (Å²) in [7, 11) is -3.90. The zero-order valence-corrected chi connectivity index (χ0v) is 20.1. The summed E-state index contributed by atoms with van der Waals surface area (Å²) in [6, 6.07) is 13.7. The van der Waals surface area contributed by atoms with Gasteiger partial charge in [-0.15, -0.1) is 0 Å². The SMILES string of the molecule is Cc1cc2c(cc1S(N)(=O)=O)N(C(=O)C1CN(c3ccc(-c4cc(F)ccc4F)cc3)C1)[C@H](C)C2. The Labute approximate surface area is 203 Å². The van der Waals surface area contributed by atoms with Crippen molar-refractivity contribution in [1.82, 2.24) is 0 Å². The van der Waals surface area contributed by atoms with Gasteiger partial charge < -0.3 is 9.80 Å². The van der Waals surface area contributed by atoms with Crippen molar-refractivity contribution in [1.29, 1.82) is 0 Å². The standard InChI is InChI=1S/C26H25F2N3O3S/c1-15-9-18-10-16(2)31(24(18)12-25(15)35(29,33)34)26(32)19-13-30(14-19)21-6-3-17(4-7-21)22-11-20(27)5-8-23(22)28/h3-9,11-12,16,19H,10,13-14H2,1-2H3,(H2,29,33,34)/t16-/m1/s1. The Hall–Kier alpha value is -3.30. The molecular formula is C26H25F2N3O3S. The van der Waals surface area contributed by atoms with E-state index in [1.807, 2.05) is 24.0 Å². The van der Waals surface area contributed by atoms with Gasteiger partial charge in [-0.25, -0.2) is 22.3 Å². The molecule has 182 valence electrons. The lowest BCUT2D eigenvalue weighted by atomic mass is 9.96. The first-order valence-electron chi connectivity index (χ1n) is 11.3. The first-order chi connectivity index (χ1) is 16.5. The van der Waals surface area contributed by atoms with Crippen molar-refractivity contribution >= 4 is 27.3 Å². The number of nitrogens with zero attached hydrogens (tertiary/aromatic N) is 2. The van der Waals surface area contributed by atoms with Gasteiger partial charge in [0.05, 0.1) is 10.8 Å². The molecule has 2 aliphatic heterocycles. The smallest absolute Gasteiger partial charge is 0.238 e. The summed E-state index contributed by atoms with van der Waals surface area (Å²) in [5, 5.41) is 5.37. The molecule has 3 aromatic rings. The number of halogens is 2. The second-order valence-corrected chi connectivity index (χ2v) is 10.9. The van der Waals surface area contributed by atoms with Crippen LogP contribution in [0.15, 0.2) is 59.5 Å². The third kappa shape index (κ3) is 4.19. The Morgan fingerprint density at radius 1 is 1.03 bits per heavy atom. The number of sulfonamides is 1. The third-order valence-electron chi connectivity index (χ3n) is 6.84. The normalized spacial score (nSPS) is 17.9. The van der Waals surface area contributed by atoms with Crippen LogP contribution in [0.25, 0.3) is 11.1 Å². The van der Waals surface area contributed by atoms with Crippen molar-refractivity contribution in [2.45, 2.75) is 31.2 Å². The van der Waals surface area contributed by atoms with E-state index >= 15 is 0 Å². The van der Waals surface area contributed by atoms with Crippen LogP contribution in [0, 0.1) is 24.5 Å². The topological polar surface area (TPSA) is 83.7 Å². The molecule has 0 aromatic heterocycles. The fourth-order valence-corrected chi connectivity index (χ4v) is 5.81. The van der Waals surface area contributed by atoms with Crippen LogP contribution in [0.4, 0.5) is 20.2 Å². The van der Waals surface area contributed by atoms with Gasteiger partial charge in [0, 0.05) is 36.1 Å². The summed E-state index contributed by atoms with van der Waals surface area (Å²) < 4.78 is 51.6. The first kappa shape index (κ1) is 23.4.